The molecule has 1 N–H and O–H groups in total. The molecule has 0 spiro atoms. The van der Waals surface area contributed by atoms with Crippen molar-refractivity contribution in [3.63, 3.8) is 0 Å². The van der Waals surface area contributed by atoms with Crippen LogP contribution in [0.5, 0.6) is 11.5 Å². The van der Waals surface area contributed by atoms with Gasteiger partial charge in [-0.25, -0.2) is 9.37 Å². The van der Waals surface area contributed by atoms with Gasteiger partial charge in [-0.05, 0) is 79.9 Å². The molecule has 1 amide bonds. The van der Waals surface area contributed by atoms with E-state index < -0.39 is 29.3 Å². The molecule has 40 heavy (non-hydrogen) atoms. The Balaban J connectivity index is 1.73. The molecule has 2 heterocycles. The van der Waals surface area contributed by atoms with Gasteiger partial charge in [0, 0.05) is 5.56 Å². The van der Waals surface area contributed by atoms with Gasteiger partial charge in [-0.1, -0.05) is 36.1 Å². The van der Waals surface area contributed by atoms with Gasteiger partial charge < -0.3 is 14.6 Å². The van der Waals surface area contributed by atoms with Crippen LogP contribution in [0.4, 0.5) is 9.52 Å². The third-order valence-corrected chi connectivity index (χ3v) is 7.53. The zero-order valence-electron chi connectivity index (χ0n) is 22.2. The fourth-order valence-corrected chi connectivity index (χ4v) is 5.97. The average Bonchev–Trinajstić information content (AvgIpc) is 3.46. The molecule has 4 aromatic rings. The van der Waals surface area contributed by atoms with Gasteiger partial charge in [-0.15, -0.1) is 0 Å². The number of aliphatic hydroxyl groups excluding tert-OH is 1. The lowest BCUT2D eigenvalue weighted by Gasteiger charge is -2.24. The summed E-state index contributed by atoms with van der Waals surface area (Å²) in [6.45, 7) is 10.0. The summed E-state index contributed by atoms with van der Waals surface area (Å²) in [6, 6.07) is 13.1. The number of ether oxygens (including phenoxy) is 2. The van der Waals surface area contributed by atoms with Crippen molar-refractivity contribution in [2.24, 2.45) is 0 Å². The van der Waals surface area contributed by atoms with Crippen LogP contribution in [0.25, 0.3) is 16.0 Å². The normalized spacial score (nSPS) is 16.5. The first-order chi connectivity index (χ1) is 19.2. The van der Waals surface area contributed by atoms with Crippen LogP contribution in [0.15, 0.2) is 72.8 Å². The monoisotopic (exact) mass is 558 g/mol. The topological polar surface area (TPSA) is 89.0 Å². The number of hydrogen-bond acceptors (Lipinski definition) is 7. The summed E-state index contributed by atoms with van der Waals surface area (Å²) in [5, 5.41) is 11.7. The SMILES string of the molecule is C=CCOc1ccc(C2/C(=C(\O)c3ccc(F)cc3)C(=O)C(=O)N2c2nc3c(C)cc(C)cc3s2)cc1OCC. The van der Waals surface area contributed by atoms with E-state index in [0.717, 1.165) is 21.3 Å². The van der Waals surface area contributed by atoms with E-state index in [0.29, 0.717) is 28.8 Å². The first-order valence-corrected chi connectivity index (χ1v) is 13.5. The highest BCUT2D eigenvalue weighted by molar-refractivity contribution is 7.22. The average molecular weight is 559 g/mol. The van der Waals surface area contributed by atoms with E-state index in [1.165, 1.54) is 40.5 Å². The quantitative estimate of drug-likeness (QED) is 0.113. The number of aromatic nitrogens is 1. The highest BCUT2D eigenvalue weighted by Crippen LogP contribution is 2.46. The van der Waals surface area contributed by atoms with Gasteiger partial charge in [0.2, 0.25) is 0 Å². The van der Waals surface area contributed by atoms with Gasteiger partial charge in [-0.2, -0.15) is 0 Å². The molecule has 9 heteroatoms. The molecule has 1 aromatic heterocycles. The summed E-state index contributed by atoms with van der Waals surface area (Å²) in [5.41, 5.74) is 3.30. The Morgan fingerprint density at radius 1 is 1.10 bits per heavy atom. The molecule has 1 aliphatic rings. The predicted molar refractivity (Wildman–Crippen MR) is 154 cm³/mol. The fourth-order valence-electron chi connectivity index (χ4n) is 4.80. The first kappa shape index (κ1) is 27.1. The molecule has 204 valence electrons. The van der Waals surface area contributed by atoms with Crippen molar-refractivity contribution in [3.05, 3.63) is 101 Å². The maximum absolute atomic E-state index is 13.6. The maximum Gasteiger partial charge on any atom is 0.301 e. The summed E-state index contributed by atoms with van der Waals surface area (Å²) in [5.74, 6) is -1.73. The Morgan fingerprint density at radius 3 is 2.55 bits per heavy atom. The molecule has 7 nitrogen and oxygen atoms in total. The van der Waals surface area contributed by atoms with Crippen LogP contribution < -0.4 is 14.4 Å². The van der Waals surface area contributed by atoms with Gasteiger partial charge >= 0.3 is 5.91 Å². The number of thiazole rings is 1. The lowest BCUT2D eigenvalue weighted by atomic mass is 9.95. The van der Waals surface area contributed by atoms with Crippen molar-refractivity contribution in [2.75, 3.05) is 18.1 Å². The molecular weight excluding hydrogens is 531 g/mol. The van der Waals surface area contributed by atoms with Crippen molar-refractivity contribution in [2.45, 2.75) is 26.8 Å². The summed E-state index contributed by atoms with van der Waals surface area (Å²) in [4.78, 5) is 33.2. The maximum atomic E-state index is 13.6. The second-order valence-corrected chi connectivity index (χ2v) is 10.3. The van der Waals surface area contributed by atoms with Crippen molar-refractivity contribution in [1.82, 2.24) is 4.98 Å². The second-order valence-electron chi connectivity index (χ2n) is 9.34. The number of aliphatic hydroxyl groups is 1. The Morgan fingerprint density at radius 2 is 1.85 bits per heavy atom. The second kappa shape index (κ2) is 10.9. The molecule has 1 fully saturated rings. The van der Waals surface area contributed by atoms with E-state index in [1.807, 2.05) is 32.9 Å². The third kappa shape index (κ3) is 4.84. The Kier molecular flexibility index (Phi) is 7.40. The number of carbonyl (C=O) groups excluding carboxylic acids is 2. The number of anilines is 1. The van der Waals surface area contributed by atoms with Crippen LogP contribution in [0.2, 0.25) is 0 Å². The van der Waals surface area contributed by atoms with E-state index in [2.05, 4.69) is 6.58 Å². The smallest absolute Gasteiger partial charge is 0.301 e. The number of carbonyl (C=O) groups is 2. The number of ketones is 1. The molecule has 1 aliphatic heterocycles. The van der Waals surface area contributed by atoms with Gasteiger partial charge in [0.15, 0.2) is 16.6 Å². The number of amides is 1. The van der Waals surface area contributed by atoms with E-state index in [-0.39, 0.29) is 17.7 Å². The van der Waals surface area contributed by atoms with Gasteiger partial charge in [-0.3, -0.25) is 14.5 Å². The van der Waals surface area contributed by atoms with Crippen LogP contribution in [0.1, 0.15) is 35.2 Å². The van der Waals surface area contributed by atoms with E-state index in [4.69, 9.17) is 14.5 Å². The molecule has 5 rings (SSSR count). The Bertz CT molecular complexity index is 1680. The largest absolute Gasteiger partial charge is 0.507 e. The minimum atomic E-state index is -1.03. The number of Topliss-reactive ketones (excluding diaryl/α,β-unsaturated/α-hetero) is 1. The van der Waals surface area contributed by atoms with Crippen LogP contribution in [-0.2, 0) is 9.59 Å². The Hall–Kier alpha value is -4.50. The van der Waals surface area contributed by atoms with Gasteiger partial charge in [0.25, 0.3) is 5.78 Å². The minimum Gasteiger partial charge on any atom is -0.507 e. The van der Waals surface area contributed by atoms with E-state index in [9.17, 15) is 19.1 Å². The first-order valence-electron chi connectivity index (χ1n) is 12.7. The van der Waals surface area contributed by atoms with E-state index in [1.54, 1.807) is 24.3 Å². The molecule has 0 saturated carbocycles. The number of rotatable bonds is 8. The predicted octanol–water partition coefficient (Wildman–Crippen LogP) is 6.64. The molecular formula is C31H27FN2O5S. The molecule has 0 bridgehead atoms. The number of hydrogen-bond donors (Lipinski definition) is 1. The number of aryl methyl sites for hydroxylation is 2. The molecule has 1 saturated heterocycles. The standard InChI is InChI=1S/C31H27FN2O5S/c1-5-13-39-22-12-9-20(16-23(22)38-6-2)27-25(28(35)19-7-10-21(32)11-8-19)29(36)30(37)34(27)31-33-26-18(4)14-17(3)15-24(26)40-31/h5,7-12,14-16,27,35H,1,6,13H2,2-4H3/b28-25+. The lowest BCUT2D eigenvalue weighted by Crippen LogP contribution is -2.29. The summed E-state index contributed by atoms with van der Waals surface area (Å²) in [7, 11) is 0. The highest BCUT2D eigenvalue weighted by atomic mass is 32.1. The van der Waals surface area contributed by atoms with Gasteiger partial charge in [0.1, 0.15) is 18.2 Å². The number of benzene rings is 3. The summed E-state index contributed by atoms with van der Waals surface area (Å²) < 4.78 is 26.1. The van der Waals surface area contributed by atoms with Crippen LogP contribution in [0, 0.1) is 19.7 Å². The highest BCUT2D eigenvalue weighted by Gasteiger charge is 2.48. The van der Waals surface area contributed by atoms with Gasteiger partial charge in [0.05, 0.1) is 28.4 Å². The number of nitrogens with zero attached hydrogens (tertiary/aromatic N) is 2. The summed E-state index contributed by atoms with van der Waals surface area (Å²) in [6.07, 6.45) is 1.61. The number of fused-ring (bicyclic) bond motifs is 1. The minimum absolute atomic E-state index is 0.133. The van der Waals surface area contributed by atoms with Crippen LogP contribution in [-0.4, -0.2) is 35.0 Å². The van der Waals surface area contributed by atoms with Crippen LogP contribution >= 0.6 is 11.3 Å². The van der Waals surface area contributed by atoms with Crippen molar-refractivity contribution in [1.29, 1.82) is 0 Å². The van der Waals surface area contributed by atoms with Crippen molar-refractivity contribution < 1.29 is 28.6 Å². The third-order valence-electron chi connectivity index (χ3n) is 6.53. The van der Waals surface area contributed by atoms with Crippen molar-refractivity contribution in [3.8, 4) is 11.5 Å². The summed E-state index contributed by atoms with van der Waals surface area (Å²) >= 11 is 1.29. The fraction of sp³-hybridized carbons (Fsp3) is 0.194. The van der Waals surface area contributed by atoms with Crippen LogP contribution in [0.3, 0.4) is 0 Å². The zero-order chi connectivity index (χ0) is 28.6. The number of halogens is 1. The molecule has 3 aromatic carbocycles. The van der Waals surface area contributed by atoms with Crippen molar-refractivity contribution >= 4 is 44.1 Å². The lowest BCUT2D eigenvalue weighted by molar-refractivity contribution is -0.132. The Labute approximate surface area is 234 Å². The molecule has 0 radical (unpaired) electrons. The molecule has 1 atom stereocenters. The molecule has 1 unspecified atom stereocenters. The van der Waals surface area contributed by atoms with E-state index >= 15 is 0 Å². The zero-order valence-corrected chi connectivity index (χ0v) is 23.0. The molecule has 0 aliphatic carbocycles.